The molecule has 2 aromatic carbocycles. The molecule has 0 radical (unpaired) electrons. The lowest BCUT2D eigenvalue weighted by Crippen LogP contribution is -2.43. The third-order valence-corrected chi connectivity index (χ3v) is 5.71. The van der Waals surface area contributed by atoms with Gasteiger partial charge in [-0.15, -0.1) is 0 Å². The minimum absolute atomic E-state index is 0.0616. The largest absolute Gasteiger partial charge is 0.497 e. The Bertz CT molecular complexity index is 1070. The van der Waals surface area contributed by atoms with Crippen molar-refractivity contribution in [3.05, 3.63) is 59.3 Å². The number of nitrogens with zero attached hydrogens (tertiary/aromatic N) is 3. The van der Waals surface area contributed by atoms with Gasteiger partial charge in [-0.1, -0.05) is 29.8 Å². The molecule has 1 aromatic heterocycles. The van der Waals surface area contributed by atoms with E-state index < -0.39 is 0 Å². The van der Waals surface area contributed by atoms with Crippen LogP contribution >= 0.6 is 0 Å². The Kier molecular flexibility index (Phi) is 5.84. The summed E-state index contributed by atoms with van der Waals surface area (Å²) in [4.78, 5) is 24.4. The van der Waals surface area contributed by atoms with Crippen LogP contribution in [0.2, 0.25) is 0 Å². The first-order valence-electron chi connectivity index (χ1n) is 10.4. The Balaban J connectivity index is 1.47. The number of carbonyl (C=O) groups is 1. The molecule has 1 aliphatic heterocycles. The molecule has 0 spiro atoms. The molecule has 1 aliphatic rings. The predicted octanol–water partition coefficient (Wildman–Crippen LogP) is 3.79. The normalized spacial score (nSPS) is 16.5. The summed E-state index contributed by atoms with van der Waals surface area (Å²) < 4.78 is 5.34. The van der Waals surface area contributed by atoms with Crippen LogP contribution in [0.3, 0.4) is 0 Å². The molecule has 0 saturated carbocycles. The van der Waals surface area contributed by atoms with Crippen LogP contribution in [0.5, 0.6) is 5.75 Å². The molecular weight excluding hydrogens is 376 g/mol. The fourth-order valence-electron chi connectivity index (χ4n) is 4.05. The van der Waals surface area contributed by atoms with Crippen molar-refractivity contribution >= 4 is 22.8 Å². The van der Waals surface area contributed by atoms with Gasteiger partial charge in [0.25, 0.3) is 0 Å². The Labute approximate surface area is 177 Å². The van der Waals surface area contributed by atoms with Crippen LogP contribution in [0.25, 0.3) is 10.9 Å². The summed E-state index contributed by atoms with van der Waals surface area (Å²) in [6.07, 6.45) is 1.83. The summed E-state index contributed by atoms with van der Waals surface area (Å²) >= 11 is 0. The van der Waals surface area contributed by atoms with Crippen molar-refractivity contribution in [2.75, 3.05) is 25.1 Å². The van der Waals surface area contributed by atoms with Gasteiger partial charge in [0.2, 0.25) is 11.9 Å². The monoisotopic (exact) mass is 404 g/mol. The van der Waals surface area contributed by atoms with Gasteiger partial charge in [0.15, 0.2) is 0 Å². The molecule has 156 valence electrons. The molecule has 1 unspecified atom stereocenters. The van der Waals surface area contributed by atoms with E-state index >= 15 is 0 Å². The summed E-state index contributed by atoms with van der Waals surface area (Å²) in [5.74, 6) is 1.50. The highest BCUT2D eigenvalue weighted by molar-refractivity contribution is 5.83. The van der Waals surface area contributed by atoms with Crippen LogP contribution in [0.15, 0.2) is 42.5 Å². The average molecular weight is 405 g/mol. The van der Waals surface area contributed by atoms with Gasteiger partial charge in [-0.2, -0.15) is 0 Å². The van der Waals surface area contributed by atoms with E-state index in [0.717, 1.165) is 47.3 Å². The highest BCUT2D eigenvalue weighted by Crippen LogP contribution is 2.26. The second-order valence-corrected chi connectivity index (χ2v) is 7.98. The summed E-state index contributed by atoms with van der Waals surface area (Å²) in [5, 5.41) is 4.12. The van der Waals surface area contributed by atoms with E-state index in [1.807, 2.05) is 37.3 Å². The Hall–Kier alpha value is -3.15. The first kappa shape index (κ1) is 20.1. The van der Waals surface area contributed by atoms with Crippen LogP contribution < -0.4 is 15.0 Å². The zero-order valence-electron chi connectivity index (χ0n) is 17.8. The van der Waals surface area contributed by atoms with Crippen molar-refractivity contribution < 1.29 is 9.53 Å². The van der Waals surface area contributed by atoms with Crippen LogP contribution in [-0.4, -0.2) is 36.1 Å². The van der Waals surface area contributed by atoms with E-state index in [1.54, 1.807) is 7.11 Å². The van der Waals surface area contributed by atoms with Gasteiger partial charge < -0.3 is 15.0 Å². The minimum Gasteiger partial charge on any atom is -0.497 e. The van der Waals surface area contributed by atoms with Gasteiger partial charge in [-0.05, 0) is 44.4 Å². The lowest BCUT2D eigenvalue weighted by atomic mass is 9.97. The van der Waals surface area contributed by atoms with Gasteiger partial charge in [-0.3, -0.25) is 4.79 Å². The number of aromatic nitrogens is 2. The van der Waals surface area contributed by atoms with Gasteiger partial charge in [-0.25, -0.2) is 9.97 Å². The number of aryl methyl sites for hydroxylation is 2. The zero-order valence-corrected chi connectivity index (χ0v) is 17.8. The molecule has 2 heterocycles. The lowest BCUT2D eigenvalue weighted by molar-refractivity contribution is -0.125. The number of benzene rings is 2. The highest BCUT2D eigenvalue weighted by Gasteiger charge is 2.27. The van der Waals surface area contributed by atoms with Crippen LogP contribution in [-0.2, 0) is 11.3 Å². The second kappa shape index (κ2) is 8.69. The number of ether oxygens (including phenoxy) is 1. The number of carbonyl (C=O) groups excluding carboxylic acids is 1. The SMILES string of the molecule is COc1ccc2c(C)nc(N3CCCC(C(=O)NCc4cccc(C)c4)C3)nc2c1. The molecule has 1 fully saturated rings. The maximum absolute atomic E-state index is 12.8. The molecular formula is C24H28N4O2. The van der Waals surface area contributed by atoms with Crippen molar-refractivity contribution in [3.63, 3.8) is 0 Å². The first-order valence-corrected chi connectivity index (χ1v) is 10.4. The number of nitrogens with one attached hydrogen (secondary N) is 1. The topological polar surface area (TPSA) is 67.3 Å². The fraction of sp³-hybridized carbons (Fsp3) is 0.375. The molecule has 3 aromatic rings. The molecule has 30 heavy (non-hydrogen) atoms. The first-order chi connectivity index (χ1) is 14.5. The molecule has 0 bridgehead atoms. The summed E-state index contributed by atoms with van der Waals surface area (Å²) in [5.41, 5.74) is 4.12. The number of fused-ring (bicyclic) bond motifs is 1. The van der Waals surface area contributed by atoms with Gasteiger partial charge in [0.1, 0.15) is 5.75 Å². The number of rotatable bonds is 5. The van der Waals surface area contributed by atoms with Crippen molar-refractivity contribution in [1.82, 2.24) is 15.3 Å². The molecule has 1 atom stereocenters. The van der Waals surface area contributed by atoms with E-state index in [0.29, 0.717) is 19.0 Å². The van der Waals surface area contributed by atoms with Gasteiger partial charge >= 0.3 is 0 Å². The van der Waals surface area contributed by atoms with Crippen molar-refractivity contribution in [3.8, 4) is 5.75 Å². The van der Waals surface area contributed by atoms with E-state index in [9.17, 15) is 4.79 Å². The standard InChI is InChI=1S/C24H28N4O2/c1-16-6-4-7-18(12-16)14-25-23(29)19-8-5-11-28(15-19)24-26-17(2)21-10-9-20(30-3)13-22(21)27-24/h4,6-7,9-10,12-13,19H,5,8,11,14-15H2,1-3H3,(H,25,29). The summed E-state index contributed by atoms with van der Waals surface area (Å²) in [6, 6.07) is 14.1. The Morgan fingerprint density at radius 2 is 2.07 bits per heavy atom. The average Bonchev–Trinajstić information content (AvgIpc) is 2.77. The number of methoxy groups -OCH3 is 1. The van der Waals surface area contributed by atoms with Crippen molar-refractivity contribution in [1.29, 1.82) is 0 Å². The maximum Gasteiger partial charge on any atom is 0.226 e. The Morgan fingerprint density at radius 1 is 1.20 bits per heavy atom. The smallest absolute Gasteiger partial charge is 0.226 e. The third-order valence-electron chi connectivity index (χ3n) is 5.71. The number of anilines is 1. The fourth-order valence-corrected chi connectivity index (χ4v) is 4.05. The minimum atomic E-state index is -0.0616. The number of amides is 1. The number of hydrogen-bond donors (Lipinski definition) is 1. The van der Waals surface area contributed by atoms with Crippen molar-refractivity contribution in [2.45, 2.75) is 33.2 Å². The van der Waals surface area contributed by atoms with Gasteiger partial charge in [0.05, 0.1) is 24.2 Å². The van der Waals surface area contributed by atoms with Crippen molar-refractivity contribution in [2.24, 2.45) is 5.92 Å². The van der Waals surface area contributed by atoms with E-state index in [2.05, 4.69) is 29.3 Å². The second-order valence-electron chi connectivity index (χ2n) is 7.98. The zero-order chi connectivity index (χ0) is 21.1. The quantitative estimate of drug-likeness (QED) is 0.701. The molecule has 1 N–H and O–H groups in total. The number of hydrogen-bond acceptors (Lipinski definition) is 5. The molecule has 4 rings (SSSR count). The van der Waals surface area contributed by atoms with Crippen LogP contribution in [0, 0.1) is 19.8 Å². The molecule has 1 amide bonds. The maximum atomic E-state index is 12.8. The number of piperidine rings is 1. The van der Waals surface area contributed by atoms with E-state index in [-0.39, 0.29) is 11.8 Å². The molecule has 6 heteroatoms. The van der Waals surface area contributed by atoms with E-state index in [1.165, 1.54) is 5.56 Å². The Morgan fingerprint density at radius 3 is 2.87 bits per heavy atom. The highest BCUT2D eigenvalue weighted by atomic mass is 16.5. The molecule has 0 aliphatic carbocycles. The van der Waals surface area contributed by atoms with Crippen LogP contribution in [0.1, 0.15) is 29.7 Å². The molecule has 1 saturated heterocycles. The predicted molar refractivity (Wildman–Crippen MR) is 119 cm³/mol. The molecule has 6 nitrogen and oxygen atoms in total. The van der Waals surface area contributed by atoms with Gasteiger partial charge in [0, 0.05) is 31.1 Å². The summed E-state index contributed by atoms with van der Waals surface area (Å²) in [6.45, 7) is 6.11. The van der Waals surface area contributed by atoms with E-state index in [4.69, 9.17) is 14.7 Å². The third kappa shape index (κ3) is 4.37. The lowest BCUT2D eigenvalue weighted by Gasteiger charge is -2.32. The summed E-state index contributed by atoms with van der Waals surface area (Å²) in [7, 11) is 1.65. The van der Waals surface area contributed by atoms with Crippen LogP contribution in [0.4, 0.5) is 5.95 Å².